The lowest BCUT2D eigenvalue weighted by Gasteiger charge is -2.12. The van der Waals surface area contributed by atoms with E-state index < -0.39 is 0 Å². The smallest absolute Gasteiger partial charge is 0.330 e. The first-order chi connectivity index (χ1) is 13.7. The second-order valence-corrected chi connectivity index (χ2v) is 6.48. The zero-order valence-corrected chi connectivity index (χ0v) is 17.1. The van der Waals surface area contributed by atoms with Gasteiger partial charge in [0.15, 0.2) is 0 Å². The molecular weight excluding hydrogens is 352 g/mol. The second-order valence-electron chi connectivity index (χ2n) is 6.48. The topological polar surface area (TPSA) is 44.8 Å². The number of carbonyl (C=O) groups is 1. The van der Waals surface area contributed by atoms with E-state index in [1.807, 2.05) is 49.4 Å². The number of hydrogen-bond acceptors (Lipinski definition) is 4. The molecule has 0 bridgehead atoms. The molecule has 2 rings (SSSR count). The minimum absolute atomic E-state index is 0.311. The Morgan fingerprint density at radius 2 is 1.79 bits per heavy atom. The number of ether oxygens (including phenoxy) is 3. The molecule has 0 saturated carbocycles. The van der Waals surface area contributed by atoms with E-state index >= 15 is 0 Å². The molecular formula is C24H30O4. The van der Waals surface area contributed by atoms with E-state index in [0.29, 0.717) is 13.2 Å². The molecule has 4 heteroatoms. The lowest BCUT2D eigenvalue weighted by molar-refractivity contribution is -0.137. The third-order valence-electron chi connectivity index (χ3n) is 4.36. The van der Waals surface area contributed by atoms with Crippen LogP contribution in [0, 0.1) is 0 Å². The first-order valence-electron chi connectivity index (χ1n) is 9.94. The number of rotatable bonds is 11. The zero-order chi connectivity index (χ0) is 20.2. The average Bonchev–Trinajstić information content (AvgIpc) is 2.72. The van der Waals surface area contributed by atoms with Crippen molar-refractivity contribution in [3.8, 4) is 22.6 Å². The maximum Gasteiger partial charge on any atom is 0.330 e. The zero-order valence-electron chi connectivity index (χ0n) is 17.1. The van der Waals surface area contributed by atoms with Gasteiger partial charge in [-0.1, -0.05) is 50.5 Å². The number of carbonyl (C=O) groups excluding carboxylic acids is 1. The van der Waals surface area contributed by atoms with Crippen molar-refractivity contribution in [2.24, 2.45) is 0 Å². The largest absolute Gasteiger partial charge is 0.497 e. The van der Waals surface area contributed by atoms with Gasteiger partial charge in [-0.25, -0.2) is 4.79 Å². The Morgan fingerprint density at radius 3 is 2.46 bits per heavy atom. The van der Waals surface area contributed by atoms with Gasteiger partial charge in [0.1, 0.15) is 11.5 Å². The summed E-state index contributed by atoms with van der Waals surface area (Å²) in [6, 6.07) is 13.8. The van der Waals surface area contributed by atoms with Crippen LogP contribution in [-0.4, -0.2) is 26.3 Å². The predicted octanol–water partition coefficient (Wildman–Crippen LogP) is 5.90. The molecule has 0 unspecified atom stereocenters. The Hall–Kier alpha value is -2.75. The maximum atomic E-state index is 11.9. The molecule has 0 aliphatic carbocycles. The van der Waals surface area contributed by atoms with Crippen molar-refractivity contribution in [1.29, 1.82) is 0 Å². The number of benzene rings is 2. The summed E-state index contributed by atoms with van der Waals surface area (Å²) in [6.07, 6.45) is 7.58. The quantitative estimate of drug-likeness (QED) is 0.276. The highest BCUT2D eigenvalue weighted by Crippen LogP contribution is 2.32. The van der Waals surface area contributed by atoms with Gasteiger partial charge in [0.25, 0.3) is 0 Å². The van der Waals surface area contributed by atoms with Crippen LogP contribution in [0.25, 0.3) is 17.2 Å². The van der Waals surface area contributed by atoms with Crippen LogP contribution in [0.4, 0.5) is 0 Å². The summed E-state index contributed by atoms with van der Waals surface area (Å²) in [6.45, 7) is 5.15. The fourth-order valence-corrected chi connectivity index (χ4v) is 2.84. The van der Waals surface area contributed by atoms with Gasteiger partial charge in [-0.05, 0) is 48.7 Å². The molecule has 0 spiro atoms. The van der Waals surface area contributed by atoms with Gasteiger partial charge in [-0.15, -0.1) is 0 Å². The third-order valence-corrected chi connectivity index (χ3v) is 4.36. The molecule has 0 aliphatic rings. The fourth-order valence-electron chi connectivity index (χ4n) is 2.84. The molecule has 4 nitrogen and oxygen atoms in total. The van der Waals surface area contributed by atoms with E-state index in [2.05, 4.69) is 6.92 Å². The number of hydrogen-bond donors (Lipinski definition) is 0. The van der Waals surface area contributed by atoms with Crippen LogP contribution in [0.5, 0.6) is 11.5 Å². The van der Waals surface area contributed by atoms with Crippen molar-refractivity contribution in [3.63, 3.8) is 0 Å². The first-order valence-corrected chi connectivity index (χ1v) is 9.94. The Kier molecular flexibility index (Phi) is 9.13. The number of esters is 1. The van der Waals surface area contributed by atoms with Gasteiger partial charge in [0.05, 0.1) is 20.3 Å². The molecule has 2 aromatic rings. The van der Waals surface area contributed by atoms with Crippen LogP contribution < -0.4 is 9.47 Å². The molecule has 0 heterocycles. The van der Waals surface area contributed by atoms with E-state index in [1.165, 1.54) is 18.9 Å². The molecule has 0 fully saturated rings. The Labute approximate surface area is 168 Å². The molecule has 28 heavy (non-hydrogen) atoms. The van der Waals surface area contributed by atoms with Gasteiger partial charge in [0, 0.05) is 11.6 Å². The molecule has 0 radical (unpaired) electrons. The van der Waals surface area contributed by atoms with Gasteiger partial charge in [-0.3, -0.25) is 0 Å². The Balaban J connectivity index is 2.05. The monoisotopic (exact) mass is 382 g/mol. The van der Waals surface area contributed by atoms with E-state index in [-0.39, 0.29) is 5.97 Å². The minimum Gasteiger partial charge on any atom is -0.497 e. The molecule has 0 amide bonds. The second kappa shape index (κ2) is 11.9. The van der Waals surface area contributed by atoms with Crippen LogP contribution in [0.2, 0.25) is 0 Å². The average molecular weight is 383 g/mol. The molecule has 0 saturated heterocycles. The van der Waals surface area contributed by atoms with Crippen molar-refractivity contribution < 1.29 is 19.0 Å². The lowest BCUT2D eigenvalue weighted by atomic mass is 10.0. The van der Waals surface area contributed by atoms with E-state index in [4.69, 9.17) is 14.2 Å². The van der Waals surface area contributed by atoms with Crippen LogP contribution >= 0.6 is 0 Å². The summed E-state index contributed by atoms with van der Waals surface area (Å²) in [5.41, 5.74) is 2.94. The lowest BCUT2D eigenvalue weighted by Crippen LogP contribution is -2.02. The normalized spacial score (nSPS) is 10.8. The van der Waals surface area contributed by atoms with Gasteiger partial charge < -0.3 is 14.2 Å². The summed E-state index contributed by atoms with van der Waals surface area (Å²) in [7, 11) is 1.65. The Morgan fingerprint density at radius 1 is 1.00 bits per heavy atom. The molecule has 0 aromatic heterocycles. The molecule has 0 aliphatic heterocycles. The maximum absolute atomic E-state index is 11.9. The van der Waals surface area contributed by atoms with Crippen molar-refractivity contribution in [1.82, 2.24) is 0 Å². The summed E-state index contributed by atoms with van der Waals surface area (Å²) >= 11 is 0. The van der Waals surface area contributed by atoms with E-state index in [1.54, 1.807) is 13.2 Å². The van der Waals surface area contributed by atoms with Gasteiger partial charge >= 0.3 is 5.97 Å². The highest BCUT2D eigenvalue weighted by Gasteiger charge is 2.08. The summed E-state index contributed by atoms with van der Waals surface area (Å²) in [5, 5.41) is 0. The van der Waals surface area contributed by atoms with Gasteiger partial charge in [0.2, 0.25) is 0 Å². The minimum atomic E-state index is -0.311. The summed E-state index contributed by atoms with van der Waals surface area (Å²) in [4.78, 5) is 11.9. The van der Waals surface area contributed by atoms with Crippen LogP contribution in [0.15, 0.2) is 48.5 Å². The Bertz CT molecular complexity index is 763. The number of methoxy groups -OCH3 is 1. The third kappa shape index (κ3) is 6.76. The molecule has 0 N–H and O–H groups in total. The van der Waals surface area contributed by atoms with Crippen molar-refractivity contribution >= 4 is 12.0 Å². The standard InChI is InChI=1S/C24H30O4/c1-4-6-7-8-17-28-24(25)16-10-19-9-15-22(23(18-19)27-5-2)20-11-13-21(26-3)14-12-20/h9-16,18H,4-8,17H2,1-3H3. The van der Waals surface area contributed by atoms with Crippen molar-refractivity contribution in [2.75, 3.05) is 20.3 Å². The summed E-state index contributed by atoms with van der Waals surface area (Å²) in [5.74, 6) is 1.28. The summed E-state index contributed by atoms with van der Waals surface area (Å²) < 4.78 is 16.3. The van der Waals surface area contributed by atoms with Crippen LogP contribution in [0.1, 0.15) is 45.1 Å². The van der Waals surface area contributed by atoms with Gasteiger partial charge in [-0.2, -0.15) is 0 Å². The highest BCUT2D eigenvalue weighted by molar-refractivity contribution is 5.87. The van der Waals surface area contributed by atoms with E-state index in [9.17, 15) is 4.79 Å². The highest BCUT2D eigenvalue weighted by atomic mass is 16.5. The number of unbranched alkanes of at least 4 members (excludes halogenated alkanes) is 3. The van der Waals surface area contributed by atoms with E-state index in [0.717, 1.165) is 41.0 Å². The SMILES string of the molecule is CCCCCCOC(=O)C=Cc1ccc(-c2ccc(OC)cc2)c(OCC)c1. The van der Waals surface area contributed by atoms with Crippen molar-refractivity contribution in [2.45, 2.75) is 39.5 Å². The molecule has 150 valence electrons. The molecule has 0 atom stereocenters. The van der Waals surface area contributed by atoms with Crippen LogP contribution in [-0.2, 0) is 9.53 Å². The van der Waals surface area contributed by atoms with Crippen molar-refractivity contribution in [3.05, 3.63) is 54.1 Å². The predicted molar refractivity (Wildman–Crippen MR) is 114 cm³/mol. The fraction of sp³-hybridized carbons (Fsp3) is 0.375. The van der Waals surface area contributed by atoms with Crippen LogP contribution in [0.3, 0.4) is 0 Å². The molecule has 2 aromatic carbocycles. The first kappa shape index (κ1) is 21.5.